The fraction of sp³-hybridized carbons (Fsp3) is 0.556. The third-order valence-corrected chi connectivity index (χ3v) is 5.83. The molecule has 2 atom stereocenters. The van der Waals surface area contributed by atoms with Gasteiger partial charge in [0.1, 0.15) is 6.04 Å². The molecular formula is C18H24N2O5S. The largest absolute Gasteiger partial charge is 0.464 e. The second-order valence-electron chi connectivity index (χ2n) is 6.62. The molecule has 2 rings (SSSR count). The maximum atomic E-state index is 13.1. The number of aryl methyl sites for hydroxylation is 1. The molecule has 142 valence electrons. The summed E-state index contributed by atoms with van der Waals surface area (Å²) in [6.07, 6.45) is 0.706. The van der Waals surface area contributed by atoms with Gasteiger partial charge in [0, 0.05) is 22.9 Å². The Balaban J connectivity index is 2.36. The highest BCUT2D eigenvalue weighted by atomic mass is 32.2. The number of nitro benzene ring substituents is 1. The van der Waals surface area contributed by atoms with Crippen molar-refractivity contribution < 1.29 is 19.2 Å². The summed E-state index contributed by atoms with van der Waals surface area (Å²) < 4.78 is 5.25. The van der Waals surface area contributed by atoms with E-state index in [-0.39, 0.29) is 28.4 Å². The first-order valence-corrected chi connectivity index (χ1v) is 9.68. The number of esters is 1. The molecule has 1 saturated heterocycles. The Hall–Kier alpha value is -2.09. The van der Waals surface area contributed by atoms with Crippen LogP contribution in [0.3, 0.4) is 0 Å². The molecule has 26 heavy (non-hydrogen) atoms. The van der Waals surface area contributed by atoms with E-state index >= 15 is 0 Å². The van der Waals surface area contributed by atoms with Crippen LogP contribution < -0.4 is 0 Å². The number of rotatable bonds is 6. The van der Waals surface area contributed by atoms with Crippen LogP contribution in [0, 0.1) is 23.0 Å². The van der Waals surface area contributed by atoms with Crippen LogP contribution in [0.25, 0.3) is 0 Å². The summed E-state index contributed by atoms with van der Waals surface area (Å²) in [5.74, 6) is -0.202. The normalized spacial score (nSPS) is 19.7. The number of nitro groups is 1. The van der Waals surface area contributed by atoms with Gasteiger partial charge in [-0.3, -0.25) is 14.9 Å². The van der Waals surface area contributed by atoms with Crippen molar-refractivity contribution in [2.24, 2.45) is 5.92 Å². The second-order valence-corrected chi connectivity index (χ2v) is 7.77. The van der Waals surface area contributed by atoms with Gasteiger partial charge in [0.15, 0.2) is 0 Å². The van der Waals surface area contributed by atoms with Crippen LogP contribution in [0.4, 0.5) is 5.69 Å². The molecule has 0 spiro atoms. The maximum Gasteiger partial charge on any atom is 0.329 e. The number of thioether (sulfide) groups is 1. The van der Waals surface area contributed by atoms with Gasteiger partial charge >= 0.3 is 5.97 Å². The lowest BCUT2D eigenvalue weighted by Gasteiger charge is -2.30. The Bertz CT molecular complexity index is 707. The average molecular weight is 380 g/mol. The standard InChI is InChI=1S/C18H24N2O5S/c1-5-8-25-18(22)15-10-26-17(11(2)3)19(15)16(21)13-7-6-12(4)14(9-13)20(23)24/h6-7,9,11,15,17H,5,8,10H2,1-4H3/t15-,17-/m0/s1. The van der Waals surface area contributed by atoms with E-state index in [0.717, 1.165) is 0 Å². The van der Waals surface area contributed by atoms with Crippen LogP contribution in [0.5, 0.6) is 0 Å². The van der Waals surface area contributed by atoms with Gasteiger partial charge in [0.25, 0.3) is 11.6 Å². The third kappa shape index (κ3) is 4.17. The zero-order valence-electron chi connectivity index (χ0n) is 15.4. The minimum Gasteiger partial charge on any atom is -0.464 e. The first kappa shape index (κ1) is 20.2. The monoisotopic (exact) mass is 380 g/mol. The summed E-state index contributed by atoms with van der Waals surface area (Å²) >= 11 is 1.54. The number of hydrogen-bond donors (Lipinski definition) is 0. The van der Waals surface area contributed by atoms with Crippen molar-refractivity contribution in [1.29, 1.82) is 0 Å². The summed E-state index contributed by atoms with van der Waals surface area (Å²) in [7, 11) is 0. The van der Waals surface area contributed by atoms with Crippen LogP contribution in [-0.4, -0.2) is 45.5 Å². The Morgan fingerprint density at radius 1 is 1.42 bits per heavy atom. The lowest BCUT2D eigenvalue weighted by Crippen LogP contribution is -2.47. The SMILES string of the molecule is CCCOC(=O)[C@@H]1CS[C@@H](C(C)C)N1C(=O)c1ccc(C)c([N+](=O)[O-])c1. The van der Waals surface area contributed by atoms with Crippen LogP contribution in [0.15, 0.2) is 18.2 Å². The van der Waals surface area contributed by atoms with Crippen LogP contribution in [0.1, 0.15) is 43.1 Å². The highest BCUT2D eigenvalue weighted by Crippen LogP contribution is 2.36. The predicted molar refractivity (Wildman–Crippen MR) is 100 cm³/mol. The van der Waals surface area contributed by atoms with E-state index in [2.05, 4.69) is 0 Å². The van der Waals surface area contributed by atoms with Crippen molar-refractivity contribution in [1.82, 2.24) is 4.90 Å². The molecule has 0 aliphatic carbocycles. The van der Waals surface area contributed by atoms with E-state index in [1.54, 1.807) is 19.1 Å². The van der Waals surface area contributed by atoms with Crippen molar-refractivity contribution in [3.05, 3.63) is 39.4 Å². The second kappa shape index (κ2) is 8.53. The summed E-state index contributed by atoms with van der Waals surface area (Å²) in [5.41, 5.74) is 0.597. The van der Waals surface area contributed by atoms with Crippen molar-refractivity contribution in [2.45, 2.75) is 45.5 Å². The zero-order valence-corrected chi connectivity index (χ0v) is 16.2. The Labute approximate surface area is 157 Å². The molecule has 1 aliphatic heterocycles. The van der Waals surface area contributed by atoms with Crippen molar-refractivity contribution in [3.63, 3.8) is 0 Å². The fourth-order valence-corrected chi connectivity index (χ4v) is 4.33. The number of ether oxygens (including phenoxy) is 1. The molecule has 1 fully saturated rings. The number of amides is 1. The Kier molecular flexibility index (Phi) is 6.63. The van der Waals surface area contributed by atoms with Gasteiger partial charge in [0.2, 0.25) is 0 Å². The topological polar surface area (TPSA) is 89.8 Å². The highest BCUT2D eigenvalue weighted by molar-refractivity contribution is 8.00. The summed E-state index contributed by atoms with van der Waals surface area (Å²) in [4.78, 5) is 37.7. The van der Waals surface area contributed by atoms with Crippen LogP contribution in [0.2, 0.25) is 0 Å². The molecule has 1 heterocycles. The number of nitrogens with zero attached hydrogens (tertiary/aromatic N) is 2. The van der Waals surface area contributed by atoms with Gasteiger partial charge in [-0.2, -0.15) is 0 Å². The average Bonchev–Trinajstić information content (AvgIpc) is 3.04. The number of carbonyl (C=O) groups is 2. The molecule has 0 saturated carbocycles. The van der Waals surface area contributed by atoms with E-state index in [1.807, 2.05) is 20.8 Å². The summed E-state index contributed by atoms with van der Waals surface area (Å²) in [6.45, 7) is 7.80. The first-order chi connectivity index (χ1) is 12.3. The van der Waals surface area contributed by atoms with Crippen molar-refractivity contribution >= 4 is 29.3 Å². The molecule has 0 unspecified atom stereocenters. The maximum absolute atomic E-state index is 13.1. The fourth-order valence-electron chi connectivity index (χ4n) is 2.87. The molecular weight excluding hydrogens is 356 g/mol. The molecule has 1 aromatic rings. The van der Waals surface area contributed by atoms with Crippen LogP contribution >= 0.6 is 11.8 Å². The minimum atomic E-state index is -0.674. The lowest BCUT2D eigenvalue weighted by atomic mass is 10.1. The van der Waals surface area contributed by atoms with E-state index in [4.69, 9.17) is 4.74 Å². The van der Waals surface area contributed by atoms with E-state index < -0.39 is 16.9 Å². The smallest absolute Gasteiger partial charge is 0.329 e. The molecule has 0 N–H and O–H groups in total. The first-order valence-electron chi connectivity index (χ1n) is 8.63. The Morgan fingerprint density at radius 3 is 2.69 bits per heavy atom. The molecule has 1 amide bonds. The molecule has 0 radical (unpaired) electrons. The van der Waals surface area contributed by atoms with Gasteiger partial charge in [-0.15, -0.1) is 11.8 Å². The molecule has 8 heteroatoms. The van der Waals surface area contributed by atoms with Gasteiger partial charge in [-0.05, 0) is 25.3 Å². The molecule has 7 nitrogen and oxygen atoms in total. The minimum absolute atomic E-state index is 0.103. The quantitative estimate of drug-likeness (QED) is 0.427. The summed E-state index contributed by atoms with van der Waals surface area (Å²) in [6, 6.07) is 3.74. The molecule has 0 bridgehead atoms. The van der Waals surface area contributed by atoms with Gasteiger partial charge in [-0.1, -0.05) is 26.8 Å². The van der Waals surface area contributed by atoms with E-state index in [0.29, 0.717) is 24.3 Å². The lowest BCUT2D eigenvalue weighted by molar-refractivity contribution is -0.385. The molecule has 0 aromatic heterocycles. The Morgan fingerprint density at radius 2 is 2.12 bits per heavy atom. The third-order valence-electron chi connectivity index (χ3n) is 4.21. The van der Waals surface area contributed by atoms with Crippen LogP contribution in [-0.2, 0) is 9.53 Å². The van der Waals surface area contributed by atoms with Crippen molar-refractivity contribution in [3.8, 4) is 0 Å². The number of hydrogen-bond acceptors (Lipinski definition) is 6. The van der Waals surface area contributed by atoms with E-state index in [9.17, 15) is 19.7 Å². The molecule has 1 aromatic carbocycles. The summed E-state index contributed by atoms with van der Waals surface area (Å²) in [5, 5.41) is 11.0. The van der Waals surface area contributed by atoms with Gasteiger partial charge in [0.05, 0.1) is 16.9 Å². The van der Waals surface area contributed by atoms with Crippen molar-refractivity contribution in [2.75, 3.05) is 12.4 Å². The molecule has 1 aliphatic rings. The van der Waals surface area contributed by atoms with E-state index in [1.165, 1.54) is 22.7 Å². The number of carbonyl (C=O) groups excluding carboxylic acids is 2. The highest BCUT2D eigenvalue weighted by Gasteiger charge is 2.44. The zero-order chi connectivity index (χ0) is 19.4. The van der Waals surface area contributed by atoms with Gasteiger partial charge < -0.3 is 9.64 Å². The predicted octanol–water partition coefficient (Wildman–Crippen LogP) is 3.40. The number of benzene rings is 1. The van der Waals surface area contributed by atoms with Gasteiger partial charge in [-0.25, -0.2) is 4.79 Å².